The minimum atomic E-state index is -0.122. The number of hydrogen-bond acceptors (Lipinski definition) is 8. The Balaban J connectivity index is 0.895. The molecule has 2 N–H and O–H groups in total. The van der Waals surface area contributed by atoms with E-state index in [4.69, 9.17) is 13.9 Å². The Hall–Kier alpha value is -4.55. The fourth-order valence-corrected chi connectivity index (χ4v) is 7.41. The molecular formula is C37H43N5O7. The van der Waals surface area contributed by atoms with Crippen LogP contribution in [-0.4, -0.2) is 90.0 Å². The second-order valence-corrected chi connectivity index (χ2v) is 13.5. The van der Waals surface area contributed by atoms with Gasteiger partial charge >= 0.3 is 0 Å². The van der Waals surface area contributed by atoms with E-state index in [1.165, 1.54) is 0 Å². The first-order valence-electron chi connectivity index (χ1n) is 17.4. The molecule has 12 heteroatoms. The van der Waals surface area contributed by atoms with Crippen molar-refractivity contribution in [3.63, 3.8) is 0 Å². The van der Waals surface area contributed by atoms with Gasteiger partial charge in [0.05, 0.1) is 31.2 Å². The second kappa shape index (κ2) is 14.9. The van der Waals surface area contributed by atoms with Crippen LogP contribution in [0.4, 0.5) is 11.4 Å². The summed E-state index contributed by atoms with van der Waals surface area (Å²) in [5.41, 5.74) is 2.90. The van der Waals surface area contributed by atoms with Gasteiger partial charge in [0, 0.05) is 73.7 Å². The number of oxazole rings is 1. The van der Waals surface area contributed by atoms with Crippen molar-refractivity contribution in [2.75, 3.05) is 50.2 Å². The summed E-state index contributed by atoms with van der Waals surface area (Å²) in [6.45, 7) is 3.59. The number of carbonyl (C=O) groups excluding carboxylic acids is 4. The van der Waals surface area contributed by atoms with Gasteiger partial charge in [0.25, 0.3) is 0 Å². The van der Waals surface area contributed by atoms with Crippen LogP contribution in [0.25, 0.3) is 22.8 Å². The molecule has 0 aliphatic carbocycles. The molecule has 3 aromatic rings. The van der Waals surface area contributed by atoms with Crippen LogP contribution in [0.5, 0.6) is 0 Å². The second-order valence-electron chi connectivity index (χ2n) is 13.5. The number of rotatable bonds is 10. The third kappa shape index (κ3) is 7.70. The Labute approximate surface area is 285 Å². The van der Waals surface area contributed by atoms with Gasteiger partial charge in [0.15, 0.2) is 5.76 Å². The van der Waals surface area contributed by atoms with Crippen molar-refractivity contribution in [2.24, 2.45) is 11.8 Å². The summed E-state index contributed by atoms with van der Waals surface area (Å²) in [6.07, 6.45) is 7.17. The van der Waals surface area contributed by atoms with E-state index in [0.29, 0.717) is 62.5 Å². The lowest BCUT2D eigenvalue weighted by Crippen LogP contribution is -2.41. The molecule has 4 fully saturated rings. The summed E-state index contributed by atoms with van der Waals surface area (Å²) >= 11 is 0. The highest BCUT2D eigenvalue weighted by Crippen LogP contribution is 2.30. The SMILES string of the molecule is O=C(CC1CCCN1C(=O)C1CCOC1)Nc1ccc(-c2cnc(-c3ccc(NC(=O)CC4CCCN4C(=O)C4CCOC4)cc3)o2)cc1. The van der Waals surface area contributed by atoms with Gasteiger partial charge in [-0.2, -0.15) is 0 Å². The van der Waals surface area contributed by atoms with E-state index in [-0.39, 0.29) is 60.4 Å². The topological polar surface area (TPSA) is 143 Å². The summed E-state index contributed by atoms with van der Waals surface area (Å²) in [7, 11) is 0. The van der Waals surface area contributed by atoms with Gasteiger partial charge in [0.2, 0.25) is 29.5 Å². The Bertz CT molecular complexity index is 1520. The highest BCUT2D eigenvalue weighted by atomic mass is 16.5. The predicted molar refractivity (Wildman–Crippen MR) is 181 cm³/mol. The summed E-state index contributed by atoms with van der Waals surface area (Å²) in [6, 6.07) is 14.5. The first-order valence-corrected chi connectivity index (χ1v) is 17.4. The van der Waals surface area contributed by atoms with Crippen LogP contribution in [0, 0.1) is 11.8 Å². The molecule has 1 aromatic heterocycles. The molecule has 7 rings (SSSR count). The Morgan fingerprint density at radius 3 is 1.63 bits per heavy atom. The van der Waals surface area contributed by atoms with Crippen LogP contribution in [0.1, 0.15) is 51.4 Å². The zero-order chi connectivity index (χ0) is 33.7. The molecule has 4 aliphatic rings. The molecule has 4 saturated heterocycles. The van der Waals surface area contributed by atoms with Crippen molar-refractivity contribution in [1.29, 1.82) is 0 Å². The number of amides is 4. The van der Waals surface area contributed by atoms with Crippen molar-refractivity contribution in [3.8, 4) is 22.8 Å². The molecule has 4 amide bonds. The molecule has 258 valence electrons. The van der Waals surface area contributed by atoms with Crippen molar-refractivity contribution in [1.82, 2.24) is 14.8 Å². The number of hydrogen-bond donors (Lipinski definition) is 2. The molecule has 2 aromatic carbocycles. The molecule has 0 radical (unpaired) electrons. The largest absolute Gasteiger partial charge is 0.436 e. The molecule has 4 aliphatic heterocycles. The molecular weight excluding hydrogens is 626 g/mol. The minimum absolute atomic E-state index is 0.0811. The molecule has 4 unspecified atom stereocenters. The Morgan fingerprint density at radius 2 is 1.16 bits per heavy atom. The number of likely N-dealkylation sites (tertiary alicyclic amines) is 2. The summed E-state index contributed by atoms with van der Waals surface area (Å²) in [4.78, 5) is 59.7. The lowest BCUT2D eigenvalue weighted by atomic mass is 10.1. The Kier molecular flexibility index (Phi) is 10.0. The maximum absolute atomic E-state index is 12.9. The van der Waals surface area contributed by atoms with E-state index < -0.39 is 0 Å². The maximum Gasteiger partial charge on any atom is 0.228 e. The van der Waals surface area contributed by atoms with E-state index >= 15 is 0 Å². The smallest absolute Gasteiger partial charge is 0.228 e. The average Bonchev–Trinajstić information content (AvgIpc) is 3.95. The van der Waals surface area contributed by atoms with Gasteiger partial charge in [-0.05, 0) is 87.1 Å². The number of aromatic nitrogens is 1. The fourth-order valence-electron chi connectivity index (χ4n) is 7.41. The first kappa shape index (κ1) is 33.0. The van der Waals surface area contributed by atoms with Gasteiger partial charge in [-0.25, -0.2) is 4.98 Å². The lowest BCUT2D eigenvalue weighted by molar-refractivity contribution is -0.138. The normalized spacial score (nSPS) is 23.6. The molecule has 0 bridgehead atoms. The third-order valence-corrected chi connectivity index (χ3v) is 10.1. The van der Waals surface area contributed by atoms with Gasteiger partial charge < -0.3 is 34.3 Å². The van der Waals surface area contributed by atoms with Crippen LogP contribution in [0.15, 0.2) is 59.1 Å². The van der Waals surface area contributed by atoms with Gasteiger partial charge in [-0.3, -0.25) is 19.2 Å². The average molecular weight is 670 g/mol. The molecule has 0 spiro atoms. The molecule has 5 heterocycles. The summed E-state index contributed by atoms with van der Waals surface area (Å²) < 4.78 is 16.8. The fraction of sp³-hybridized carbons (Fsp3) is 0.486. The number of benzene rings is 2. The van der Waals surface area contributed by atoms with Crippen LogP contribution in [0.2, 0.25) is 0 Å². The summed E-state index contributed by atoms with van der Waals surface area (Å²) in [5.74, 6) is 0.832. The van der Waals surface area contributed by atoms with Crippen LogP contribution in [0.3, 0.4) is 0 Å². The van der Waals surface area contributed by atoms with E-state index in [1.807, 2.05) is 58.3 Å². The van der Waals surface area contributed by atoms with Gasteiger partial charge in [0.1, 0.15) is 0 Å². The standard InChI is InChI=1S/C37H43N5O7/c43-33(19-30-3-1-15-41(30)36(45)26-13-17-47-22-26)39-28-9-5-24(6-10-28)32-21-38-35(49-32)25-7-11-29(12-8-25)40-34(44)20-31-4-2-16-42(31)37(46)27-14-18-48-23-27/h5-12,21,26-27,30-31H,1-4,13-20,22-23H2,(H,39,43)(H,40,44). The molecule has 4 atom stereocenters. The number of ether oxygens (including phenoxy) is 2. The van der Waals surface area contributed by atoms with Crippen molar-refractivity contribution in [2.45, 2.75) is 63.5 Å². The highest BCUT2D eigenvalue weighted by molar-refractivity contribution is 5.93. The van der Waals surface area contributed by atoms with Crippen LogP contribution >= 0.6 is 0 Å². The third-order valence-electron chi connectivity index (χ3n) is 10.1. The number of carbonyl (C=O) groups is 4. The van der Waals surface area contributed by atoms with E-state index in [9.17, 15) is 19.2 Å². The zero-order valence-corrected chi connectivity index (χ0v) is 27.6. The van der Waals surface area contributed by atoms with Crippen LogP contribution < -0.4 is 10.6 Å². The van der Waals surface area contributed by atoms with Gasteiger partial charge in [-0.1, -0.05) is 0 Å². The number of nitrogens with one attached hydrogen (secondary N) is 2. The zero-order valence-electron chi connectivity index (χ0n) is 27.6. The quantitative estimate of drug-likeness (QED) is 0.316. The lowest BCUT2D eigenvalue weighted by Gasteiger charge is -2.26. The molecule has 12 nitrogen and oxygen atoms in total. The monoisotopic (exact) mass is 669 g/mol. The minimum Gasteiger partial charge on any atom is -0.436 e. The van der Waals surface area contributed by atoms with Crippen molar-refractivity contribution in [3.05, 3.63) is 54.7 Å². The molecule has 0 saturated carbocycles. The Morgan fingerprint density at radius 1 is 0.673 bits per heavy atom. The first-order chi connectivity index (χ1) is 23.9. The highest BCUT2D eigenvalue weighted by Gasteiger charge is 2.37. The van der Waals surface area contributed by atoms with Crippen LogP contribution in [-0.2, 0) is 28.7 Å². The van der Waals surface area contributed by atoms with E-state index in [0.717, 1.165) is 49.7 Å². The number of nitrogens with zero attached hydrogens (tertiary/aromatic N) is 3. The maximum atomic E-state index is 12.9. The molecule has 49 heavy (non-hydrogen) atoms. The summed E-state index contributed by atoms with van der Waals surface area (Å²) in [5, 5.41) is 5.93. The van der Waals surface area contributed by atoms with Crippen molar-refractivity contribution >= 4 is 35.0 Å². The van der Waals surface area contributed by atoms with E-state index in [1.54, 1.807) is 6.20 Å². The van der Waals surface area contributed by atoms with Gasteiger partial charge in [-0.15, -0.1) is 0 Å². The van der Waals surface area contributed by atoms with E-state index in [2.05, 4.69) is 15.6 Å². The number of anilines is 2. The predicted octanol–water partition coefficient (Wildman–Crippen LogP) is 4.72. The van der Waals surface area contributed by atoms with Crippen molar-refractivity contribution < 1.29 is 33.1 Å².